The summed E-state index contributed by atoms with van der Waals surface area (Å²) in [5, 5.41) is 3.44. The van der Waals surface area contributed by atoms with Gasteiger partial charge in [0.2, 0.25) is 11.8 Å². The molecule has 1 saturated heterocycles. The van der Waals surface area contributed by atoms with Crippen LogP contribution in [0, 0.1) is 0 Å². The molecule has 0 radical (unpaired) electrons. The zero-order valence-corrected chi connectivity index (χ0v) is 13.2. The molecule has 0 saturated carbocycles. The maximum atomic E-state index is 12.0. The maximum Gasteiger partial charge on any atom is 0.242 e. The lowest BCUT2D eigenvalue weighted by Gasteiger charge is -2.25. The molecule has 0 spiro atoms. The van der Waals surface area contributed by atoms with Gasteiger partial charge < -0.3 is 15.1 Å². The van der Waals surface area contributed by atoms with Crippen molar-refractivity contribution in [2.24, 2.45) is 0 Å². The molecule has 1 aliphatic heterocycles. The van der Waals surface area contributed by atoms with Gasteiger partial charge in [0.05, 0.1) is 6.54 Å². The van der Waals surface area contributed by atoms with Crippen LogP contribution in [0.3, 0.4) is 0 Å². The van der Waals surface area contributed by atoms with Crippen LogP contribution in [0.4, 0.5) is 0 Å². The lowest BCUT2D eigenvalue weighted by atomic mass is 10.0. The van der Waals surface area contributed by atoms with E-state index in [0.717, 1.165) is 19.4 Å². The van der Waals surface area contributed by atoms with E-state index < -0.39 is 0 Å². The van der Waals surface area contributed by atoms with Gasteiger partial charge in [-0.1, -0.05) is 6.42 Å². The van der Waals surface area contributed by atoms with Crippen molar-refractivity contribution in [3.63, 3.8) is 0 Å². The lowest BCUT2D eigenvalue weighted by molar-refractivity contribution is -0.139. The number of hydrogen-bond donors (Lipinski definition) is 1. The molecule has 1 atom stereocenters. The number of nitrogens with zero attached hydrogens (tertiary/aromatic N) is 2. The van der Waals surface area contributed by atoms with Crippen molar-refractivity contribution >= 4 is 11.8 Å². The SMILES string of the molecule is CCN(CC)C(=O)CN(C)C(=O)CCC1CCCCN1. The first-order valence-corrected chi connectivity index (χ1v) is 7.83. The van der Waals surface area contributed by atoms with E-state index in [4.69, 9.17) is 0 Å². The van der Waals surface area contributed by atoms with E-state index in [0.29, 0.717) is 25.6 Å². The third-order valence-electron chi connectivity index (χ3n) is 4.03. The van der Waals surface area contributed by atoms with Crippen molar-refractivity contribution in [1.82, 2.24) is 15.1 Å². The molecule has 1 heterocycles. The zero-order valence-electron chi connectivity index (χ0n) is 13.2. The molecule has 5 heteroatoms. The van der Waals surface area contributed by atoms with E-state index in [1.165, 1.54) is 12.8 Å². The Morgan fingerprint density at radius 1 is 1.15 bits per heavy atom. The van der Waals surface area contributed by atoms with Gasteiger partial charge in [0.1, 0.15) is 0 Å². The third-order valence-corrected chi connectivity index (χ3v) is 4.03. The molecule has 5 nitrogen and oxygen atoms in total. The first-order valence-electron chi connectivity index (χ1n) is 7.83. The molecule has 0 aromatic rings. The van der Waals surface area contributed by atoms with Crippen molar-refractivity contribution in [1.29, 1.82) is 0 Å². The van der Waals surface area contributed by atoms with Gasteiger partial charge in [-0.25, -0.2) is 0 Å². The molecule has 1 rings (SSSR count). The van der Waals surface area contributed by atoms with E-state index in [1.807, 2.05) is 13.8 Å². The lowest BCUT2D eigenvalue weighted by Crippen LogP contribution is -2.41. The fourth-order valence-electron chi connectivity index (χ4n) is 2.63. The molecule has 0 aromatic carbocycles. The Balaban J connectivity index is 2.29. The van der Waals surface area contributed by atoms with Gasteiger partial charge in [-0.05, 0) is 39.7 Å². The number of amides is 2. The molecule has 1 unspecified atom stereocenters. The van der Waals surface area contributed by atoms with Crippen molar-refractivity contribution in [2.45, 2.75) is 52.0 Å². The van der Waals surface area contributed by atoms with Gasteiger partial charge in [0.25, 0.3) is 0 Å². The van der Waals surface area contributed by atoms with Crippen molar-refractivity contribution in [3.05, 3.63) is 0 Å². The molecular weight excluding hydrogens is 254 g/mol. The molecule has 0 aromatic heterocycles. The minimum absolute atomic E-state index is 0.0293. The van der Waals surface area contributed by atoms with Crippen LogP contribution in [0.5, 0.6) is 0 Å². The number of carbonyl (C=O) groups is 2. The first kappa shape index (κ1) is 17.0. The number of hydrogen-bond acceptors (Lipinski definition) is 3. The van der Waals surface area contributed by atoms with Crippen LogP contribution in [0.2, 0.25) is 0 Å². The van der Waals surface area contributed by atoms with Crippen LogP contribution in [0.25, 0.3) is 0 Å². The molecule has 1 aliphatic rings. The van der Waals surface area contributed by atoms with Crippen LogP contribution in [0.1, 0.15) is 46.0 Å². The minimum atomic E-state index is 0.0293. The number of rotatable bonds is 7. The topological polar surface area (TPSA) is 52.7 Å². The number of likely N-dealkylation sites (N-methyl/N-ethyl adjacent to an activating group) is 2. The highest BCUT2D eigenvalue weighted by atomic mass is 16.2. The largest absolute Gasteiger partial charge is 0.342 e. The Labute approximate surface area is 122 Å². The average Bonchev–Trinajstić information content (AvgIpc) is 2.47. The summed E-state index contributed by atoms with van der Waals surface area (Å²) in [5.41, 5.74) is 0. The van der Waals surface area contributed by atoms with E-state index in [9.17, 15) is 9.59 Å². The maximum absolute atomic E-state index is 12.0. The predicted molar refractivity (Wildman–Crippen MR) is 80.4 cm³/mol. The monoisotopic (exact) mass is 283 g/mol. The molecule has 0 aliphatic carbocycles. The van der Waals surface area contributed by atoms with E-state index in [2.05, 4.69) is 5.32 Å². The van der Waals surface area contributed by atoms with Crippen molar-refractivity contribution < 1.29 is 9.59 Å². The number of carbonyl (C=O) groups excluding carboxylic acids is 2. The van der Waals surface area contributed by atoms with Crippen LogP contribution >= 0.6 is 0 Å². The minimum Gasteiger partial charge on any atom is -0.342 e. The Bertz CT molecular complexity index is 310. The van der Waals surface area contributed by atoms with Crippen LogP contribution in [-0.4, -0.2) is 60.9 Å². The Hall–Kier alpha value is -1.10. The summed E-state index contributed by atoms with van der Waals surface area (Å²) in [6.45, 7) is 6.57. The summed E-state index contributed by atoms with van der Waals surface area (Å²) in [5.74, 6) is 0.0968. The molecule has 1 fully saturated rings. The highest BCUT2D eigenvalue weighted by Crippen LogP contribution is 2.12. The third kappa shape index (κ3) is 5.49. The normalized spacial score (nSPS) is 18.6. The molecule has 116 valence electrons. The highest BCUT2D eigenvalue weighted by Gasteiger charge is 2.18. The van der Waals surface area contributed by atoms with Gasteiger partial charge in [0, 0.05) is 32.6 Å². The Kier molecular flexibility index (Phi) is 7.59. The fraction of sp³-hybridized carbons (Fsp3) is 0.867. The fourth-order valence-corrected chi connectivity index (χ4v) is 2.63. The van der Waals surface area contributed by atoms with Gasteiger partial charge >= 0.3 is 0 Å². The second-order valence-corrected chi connectivity index (χ2v) is 5.50. The molecule has 0 bridgehead atoms. The predicted octanol–water partition coefficient (Wildman–Crippen LogP) is 1.24. The summed E-state index contributed by atoms with van der Waals surface area (Å²) in [6, 6.07) is 0.472. The molecule has 2 amide bonds. The van der Waals surface area contributed by atoms with E-state index >= 15 is 0 Å². The van der Waals surface area contributed by atoms with Crippen LogP contribution in [0.15, 0.2) is 0 Å². The first-order chi connectivity index (χ1) is 9.58. The van der Waals surface area contributed by atoms with Crippen LogP contribution in [-0.2, 0) is 9.59 Å². The van der Waals surface area contributed by atoms with Crippen LogP contribution < -0.4 is 5.32 Å². The summed E-state index contributed by atoms with van der Waals surface area (Å²) in [6.07, 6.45) is 5.06. The van der Waals surface area contributed by atoms with E-state index in [-0.39, 0.29) is 18.4 Å². The standard InChI is InChI=1S/C15H29N3O2/c1-4-18(5-2)15(20)12-17(3)14(19)10-9-13-8-6-7-11-16-13/h13,16H,4-12H2,1-3H3. The summed E-state index contributed by atoms with van der Waals surface area (Å²) >= 11 is 0. The van der Waals surface area contributed by atoms with Gasteiger partial charge in [0.15, 0.2) is 0 Å². The van der Waals surface area contributed by atoms with E-state index in [1.54, 1.807) is 16.8 Å². The quantitative estimate of drug-likeness (QED) is 0.765. The second kappa shape index (κ2) is 8.95. The second-order valence-electron chi connectivity index (χ2n) is 5.50. The molecule has 20 heavy (non-hydrogen) atoms. The van der Waals surface area contributed by atoms with Gasteiger partial charge in [-0.2, -0.15) is 0 Å². The Morgan fingerprint density at radius 2 is 1.85 bits per heavy atom. The summed E-state index contributed by atoms with van der Waals surface area (Å²) in [7, 11) is 1.72. The van der Waals surface area contributed by atoms with Crippen molar-refractivity contribution in [2.75, 3.05) is 33.2 Å². The van der Waals surface area contributed by atoms with Gasteiger partial charge in [-0.3, -0.25) is 9.59 Å². The summed E-state index contributed by atoms with van der Waals surface area (Å²) in [4.78, 5) is 27.3. The number of nitrogens with one attached hydrogen (secondary N) is 1. The van der Waals surface area contributed by atoms with Crippen molar-refractivity contribution in [3.8, 4) is 0 Å². The zero-order chi connectivity index (χ0) is 15.0. The summed E-state index contributed by atoms with van der Waals surface area (Å²) < 4.78 is 0. The highest BCUT2D eigenvalue weighted by molar-refractivity contribution is 5.84. The number of piperidine rings is 1. The molecule has 1 N–H and O–H groups in total. The molecular formula is C15H29N3O2. The smallest absolute Gasteiger partial charge is 0.242 e. The van der Waals surface area contributed by atoms with Gasteiger partial charge in [-0.15, -0.1) is 0 Å². The Morgan fingerprint density at radius 3 is 2.40 bits per heavy atom. The average molecular weight is 283 g/mol.